The molecule has 0 unspecified atom stereocenters. The number of aromatic nitrogens is 2. The SMILES string of the molecule is O=C(O)c1ccc(CNc2ncc([N+](=O)[O-])s2)cn1. The summed E-state index contributed by atoms with van der Waals surface area (Å²) in [5.41, 5.74) is 0.719. The van der Waals surface area contributed by atoms with E-state index in [0.29, 0.717) is 11.7 Å². The van der Waals surface area contributed by atoms with Crippen molar-refractivity contribution < 1.29 is 14.8 Å². The third kappa shape index (κ3) is 3.22. The Kier molecular flexibility index (Phi) is 3.66. The highest BCUT2D eigenvalue weighted by molar-refractivity contribution is 7.18. The molecule has 0 radical (unpaired) electrons. The van der Waals surface area contributed by atoms with Crippen molar-refractivity contribution in [2.45, 2.75) is 6.54 Å². The zero-order valence-electron chi connectivity index (χ0n) is 9.44. The van der Waals surface area contributed by atoms with Crippen LogP contribution in [0.15, 0.2) is 24.5 Å². The maximum atomic E-state index is 10.6. The van der Waals surface area contributed by atoms with Crippen LogP contribution in [0.5, 0.6) is 0 Å². The van der Waals surface area contributed by atoms with E-state index >= 15 is 0 Å². The topological polar surface area (TPSA) is 118 Å². The smallest absolute Gasteiger partial charge is 0.354 e. The quantitative estimate of drug-likeness (QED) is 0.632. The molecule has 0 saturated heterocycles. The molecule has 2 heterocycles. The molecular formula is C10H8N4O4S. The monoisotopic (exact) mass is 280 g/mol. The Morgan fingerprint density at radius 3 is 2.74 bits per heavy atom. The van der Waals surface area contributed by atoms with Gasteiger partial charge in [-0.25, -0.2) is 14.8 Å². The van der Waals surface area contributed by atoms with E-state index in [1.807, 2.05) is 0 Å². The Labute approximate surface area is 110 Å². The first-order valence-electron chi connectivity index (χ1n) is 5.08. The number of nitrogens with zero attached hydrogens (tertiary/aromatic N) is 3. The van der Waals surface area contributed by atoms with E-state index in [2.05, 4.69) is 15.3 Å². The van der Waals surface area contributed by atoms with Crippen molar-refractivity contribution in [1.82, 2.24) is 9.97 Å². The van der Waals surface area contributed by atoms with Crippen LogP contribution in [0, 0.1) is 10.1 Å². The lowest BCUT2D eigenvalue weighted by Gasteiger charge is -2.02. The Morgan fingerprint density at radius 1 is 1.42 bits per heavy atom. The molecule has 0 fully saturated rings. The highest BCUT2D eigenvalue weighted by Gasteiger charge is 2.11. The Hall–Kier alpha value is -2.55. The van der Waals surface area contributed by atoms with Crippen molar-refractivity contribution in [3.8, 4) is 0 Å². The van der Waals surface area contributed by atoms with Crippen LogP contribution in [0.25, 0.3) is 0 Å². The van der Waals surface area contributed by atoms with Gasteiger partial charge in [-0.2, -0.15) is 0 Å². The van der Waals surface area contributed by atoms with Crippen LogP contribution < -0.4 is 5.32 Å². The molecule has 0 aromatic carbocycles. The lowest BCUT2D eigenvalue weighted by molar-refractivity contribution is -0.380. The van der Waals surface area contributed by atoms with E-state index < -0.39 is 10.9 Å². The average Bonchev–Trinajstić information content (AvgIpc) is 2.86. The van der Waals surface area contributed by atoms with Crippen LogP contribution in [-0.4, -0.2) is 26.0 Å². The summed E-state index contributed by atoms with van der Waals surface area (Å²) in [6.07, 6.45) is 2.61. The second-order valence-electron chi connectivity index (χ2n) is 3.47. The van der Waals surface area contributed by atoms with Crippen LogP contribution in [0.4, 0.5) is 10.1 Å². The first kappa shape index (κ1) is 12.9. The van der Waals surface area contributed by atoms with Crippen molar-refractivity contribution in [3.05, 3.63) is 45.9 Å². The average molecular weight is 280 g/mol. The molecular weight excluding hydrogens is 272 g/mol. The lowest BCUT2D eigenvalue weighted by atomic mass is 10.2. The van der Waals surface area contributed by atoms with Gasteiger partial charge in [0, 0.05) is 12.7 Å². The Bertz CT molecular complexity index is 610. The lowest BCUT2D eigenvalue weighted by Crippen LogP contribution is -2.03. The van der Waals surface area contributed by atoms with E-state index in [-0.39, 0.29) is 10.7 Å². The van der Waals surface area contributed by atoms with Crippen LogP contribution in [0.1, 0.15) is 16.1 Å². The van der Waals surface area contributed by atoms with Crippen LogP contribution >= 0.6 is 11.3 Å². The summed E-state index contributed by atoms with van der Waals surface area (Å²) in [6, 6.07) is 3.01. The van der Waals surface area contributed by atoms with Gasteiger partial charge in [-0.05, 0) is 23.0 Å². The van der Waals surface area contributed by atoms with Gasteiger partial charge in [0.2, 0.25) is 0 Å². The number of hydrogen-bond acceptors (Lipinski definition) is 7. The summed E-state index contributed by atoms with van der Waals surface area (Å²) in [7, 11) is 0. The zero-order chi connectivity index (χ0) is 13.8. The minimum atomic E-state index is -1.09. The molecule has 0 aliphatic heterocycles. The molecule has 2 N–H and O–H groups in total. The summed E-state index contributed by atoms with van der Waals surface area (Å²) in [4.78, 5) is 28.2. The van der Waals surface area contributed by atoms with E-state index in [9.17, 15) is 14.9 Å². The third-order valence-electron chi connectivity index (χ3n) is 2.16. The van der Waals surface area contributed by atoms with Gasteiger partial charge in [0.1, 0.15) is 11.9 Å². The molecule has 0 spiro atoms. The number of nitrogens with one attached hydrogen (secondary N) is 1. The summed E-state index contributed by atoms with van der Waals surface area (Å²) in [5, 5.41) is 22.4. The van der Waals surface area contributed by atoms with Gasteiger partial charge in [0.25, 0.3) is 0 Å². The molecule has 19 heavy (non-hydrogen) atoms. The normalized spacial score (nSPS) is 10.1. The predicted molar refractivity (Wildman–Crippen MR) is 67.3 cm³/mol. The van der Waals surface area contributed by atoms with E-state index in [1.165, 1.54) is 18.5 Å². The first-order chi connectivity index (χ1) is 9.06. The van der Waals surface area contributed by atoms with Crippen molar-refractivity contribution in [1.29, 1.82) is 0 Å². The number of carboxylic acid groups (broad SMARTS) is 1. The molecule has 9 heteroatoms. The number of thiazole rings is 1. The minimum absolute atomic E-state index is 0.0337. The molecule has 2 aromatic rings. The summed E-state index contributed by atoms with van der Waals surface area (Å²) >= 11 is 0.932. The molecule has 98 valence electrons. The largest absolute Gasteiger partial charge is 0.477 e. The van der Waals surface area contributed by atoms with E-state index in [1.54, 1.807) is 6.07 Å². The van der Waals surface area contributed by atoms with Crippen molar-refractivity contribution in [3.63, 3.8) is 0 Å². The van der Waals surface area contributed by atoms with E-state index in [4.69, 9.17) is 5.11 Å². The highest BCUT2D eigenvalue weighted by atomic mass is 32.1. The van der Waals surface area contributed by atoms with Gasteiger partial charge < -0.3 is 10.4 Å². The number of pyridine rings is 1. The maximum Gasteiger partial charge on any atom is 0.354 e. The van der Waals surface area contributed by atoms with Gasteiger partial charge in [-0.15, -0.1) is 0 Å². The molecule has 2 aromatic heterocycles. The van der Waals surface area contributed by atoms with Crippen LogP contribution in [0.2, 0.25) is 0 Å². The van der Waals surface area contributed by atoms with Gasteiger partial charge in [0.05, 0.1) is 4.92 Å². The molecule has 0 atom stereocenters. The summed E-state index contributed by atoms with van der Waals surface area (Å²) < 4.78 is 0. The number of hydrogen-bond donors (Lipinski definition) is 2. The minimum Gasteiger partial charge on any atom is -0.477 e. The fourth-order valence-corrected chi connectivity index (χ4v) is 1.89. The Balaban J connectivity index is 1.97. The van der Waals surface area contributed by atoms with Gasteiger partial charge in [-0.3, -0.25) is 10.1 Å². The summed E-state index contributed by atoms with van der Waals surface area (Å²) in [5.74, 6) is -1.09. The summed E-state index contributed by atoms with van der Waals surface area (Å²) in [6.45, 7) is 0.359. The molecule has 0 amide bonds. The molecule has 0 bridgehead atoms. The number of aromatic carboxylic acids is 1. The van der Waals surface area contributed by atoms with Crippen molar-refractivity contribution in [2.75, 3.05) is 5.32 Å². The Morgan fingerprint density at radius 2 is 2.21 bits per heavy atom. The second kappa shape index (κ2) is 5.40. The number of carboxylic acids is 1. The fraction of sp³-hybridized carbons (Fsp3) is 0.100. The van der Waals surface area contributed by atoms with Crippen LogP contribution in [0.3, 0.4) is 0 Å². The molecule has 8 nitrogen and oxygen atoms in total. The van der Waals surface area contributed by atoms with E-state index in [0.717, 1.165) is 16.9 Å². The third-order valence-corrected chi connectivity index (χ3v) is 3.07. The molecule has 2 rings (SSSR count). The van der Waals surface area contributed by atoms with Gasteiger partial charge in [0.15, 0.2) is 5.13 Å². The van der Waals surface area contributed by atoms with Gasteiger partial charge >= 0.3 is 11.0 Å². The first-order valence-corrected chi connectivity index (χ1v) is 5.90. The fourth-order valence-electron chi connectivity index (χ4n) is 1.26. The number of anilines is 1. The second-order valence-corrected chi connectivity index (χ2v) is 4.48. The molecule has 0 saturated carbocycles. The molecule has 0 aliphatic rings. The van der Waals surface area contributed by atoms with Gasteiger partial charge in [-0.1, -0.05) is 6.07 Å². The van der Waals surface area contributed by atoms with Crippen molar-refractivity contribution in [2.24, 2.45) is 0 Å². The number of rotatable bonds is 5. The molecule has 0 aliphatic carbocycles. The van der Waals surface area contributed by atoms with Crippen molar-refractivity contribution >= 4 is 27.4 Å². The zero-order valence-corrected chi connectivity index (χ0v) is 10.3. The number of carbonyl (C=O) groups is 1. The highest BCUT2D eigenvalue weighted by Crippen LogP contribution is 2.25. The van der Waals surface area contributed by atoms with Crippen LogP contribution in [-0.2, 0) is 6.54 Å². The standard InChI is InChI=1S/C10H8N4O4S/c15-9(16)7-2-1-6(3-11-7)4-12-10-13-5-8(19-10)14(17)18/h1-3,5H,4H2,(H,12,13)(H,15,16). The maximum absolute atomic E-state index is 10.6. The number of nitro groups is 1. The predicted octanol–water partition coefficient (Wildman–Crippen LogP) is 1.76.